The number of carboxylic acid groups (broad SMARTS) is 2. The molecule has 8 saturated carbocycles. The number of hydrogen-bond donors (Lipinski definition) is 6. The molecule has 4 aromatic rings. The van der Waals surface area contributed by atoms with Crippen LogP contribution < -0.4 is 11.5 Å². The molecule has 3 unspecified atom stereocenters. The Kier molecular flexibility index (Phi) is 20.9. The van der Waals surface area contributed by atoms with Gasteiger partial charge in [-0.3, -0.25) is 28.8 Å². The molecule has 8 fully saturated rings. The third-order valence-corrected chi connectivity index (χ3v) is 33.8. The number of esters is 2. The highest BCUT2D eigenvalue weighted by Gasteiger charge is 2.74. The molecule has 0 radical (unpaired) electrons. The fraction of sp³-hybridized carbons (Fsp3) is 0.750. The summed E-state index contributed by atoms with van der Waals surface area (Å²) in [6, 6.07) is 0. The number of ether oxygens (including phenoxy) is 2. The van der Waals surface area contributed by atoms with Crippen molar-refractivity contribution in [1.29, 1.82) is 0 Å². The minimum Gasteiger partial charge on any atom is -0.481 e. The van der Waals surface area contributed by atoms with Gasteiger partial charge in [-0.1, -0.05) is 96.9 Å². The van der Waals surface area contributed by atoms with Crippen molar-refractivity contribution in [3.63, 3.8) is 0 Å². The number of rotatable bonds is 22. The molecule has 0 saturated heterocycles. The average molecular weight is 1580 g/mol. The topological polar surface area (TPSA) is 367 Å². The van der Waals surface area contributed by atoms with E-state index in [-0.39, 0.29) is 183 Å². The fourth-order valence-electron chi connectivity index (χ4n) is 27.7. The molecule has 0 aromatic carbocycles. The first-order chi connectivity index (χ1) is 53.3. The molecule has 114 heavy (non-hydrogen) atoms. The van der Waals surface area contributed by atoms with Gasteiger partial charge in [0.2, 0.25) is 11.6 Å². The number of allylic oxidation sites excluding steroid dienone is 2. The van der Waals surface area contributed by atoms with Gasteiger partial charge in [0.1, 0.15) is 24.4 Å². The standard InChI is InChI=1S/C88H124F2N12O12/c1-46(2)63-53(103)39-87(67(107)71-97-99-73(101(71)36-34-91)69-93-43-48(89)44-94-69)32-30-83(14)49(65(63)87)18-21-58-82(13)27-25-60(79(9,10)56(82)23-29-86(58,83)17)114-62(106)42-80(11,76(111)112)38-52-51(90)45-95-70(96-52)74-100-98-72(102(74)37-35-92)68(108)88-33-31-84(15)50(66(88)64(47(3)4)54(104)40-88)19-20-57-81(12)26-24-59(113-61(105)41-77(5,6)75(109)110)78(7,8)55(81)22-28-85(57,84)16/h43-47,49-50,55-60,67-68,107-108H,18-42,91-92H2,1-17H3,(H,109,110)(H,111,112)/t49-,50-,55+,56+,57?,58-,59+,60+,67?,68+,80?,81+,82+,83-,84-,85-,86-,87-,88-/m1/s1. The number of nitrogens with zero attached hydrogens (tertiary/aromatic N) is 10. The Balaban J connectivity index is 0.674. The van der Waals surface area contributed by atoms with Crippen LogP contribution in [-0.2, 0) is 57.8 Å². The van der Waals surface area contributed by atoms with Crippen molar-refractivity contribution in [2.45, 2.75) is 290 Å². The molecule has 8 N–H and O–H groups in total. The van der Waals surface area contributed by atoms with Crippen LogP contribution >= 0.6 is 0 Å². The summed E-state index contributed by atoms with van der Waals surface area (Å²) in [4.78, 5) is 101. The Hall–Kier alpha value is -7.16. The zero-order valence-corrected chi connectivity index (χ0v) is 70.3. The van der Waals surface area contributed by atoms with Gasteiger partial charge in [-0.2, -0.15) is 0 Å². The molecule has 24 nitrogen and oxygen atoms in total. The van der Waals surface area contributed by atoms with Crippen LogP contribution in [0.3, 0.4) is 0 Å². The number of halogens is 2. The number of ketones is 2. The van der Waals surface area contributed by atoms with Gasteiger partial charge in [-0.15, -0.1) is 20.4 Å². The highest BCUT2D eigenvalue weighted by Crippen LogP contribution is 2.80. The van der Waals surface area contributed by atoms with E-state index < -0.39 is 93.7 Å². The molecule has 19 atom stereocenters. The van der Waals surface area contributed by atoms with Crippen molar-refractivity contribution in [3.8, 4) is 23.3 Å². The maximum atomic E-state index is 16.5. The Morgan fingerprint density at radius 3 is 1.37 bits per heavy atom. The van der Waals surface area contributed by atoms with Crippen molar-refractivity contribution in [3.05, 3.63) is 69.9 Å². The summed E-state index contributed by atoms with van der Waals surface area (Å²) in [5.74, 6) is -3.79. The molecule has 622 valence electrons. The molecule has 4 aromatic heterocycles. The van der Waals surface area contributed by atoms with E-state index in [0.29, 0.717) is 31.6 Å². The zero-order chi connectivity index (χ0) is 82.9. The number of carbonyl (C=O) groups excluding carboxylic acids is 4. The SMILES string of the molecule is CC(C)C1=C2[C@H]3CC[C@@H]4[C@@]5(C)CC[C@H](OC(=O)CC(C)(Cc6nc(-c7nnc([C@H](O)[C@@]89CC[C@]%10(C)[C@H](CCC%11[C@@]%12(C)CC[C@H](OC(=O)CC(C)(C)C(=O)O)C(C)(C)[C@@H]%12CC[C@]%11%10C)C8=C(C(C)C)C(=O)C9)n7CCN)ncc6F)C(=O)O)C(C)(C)[C@@H]5CC[C@@]4(C)[C@]3(C)CC[C@@]2(C(O)c2nnc(-c3ncc(F)cn3)n2CCN)CC1=O. The fourth-order valence-corrected chi connectivity index (χ4v) is 27.7. The first-order valence-corrected chi connectivity index (χ1v) is 42.3. The van der Waals surface area contributed by atoms with E-state index in [1.165, 1.54) is 6.92 Å². The molecule has 0 spiro atoms. The lowest BCUT2D eigenvalue weighted by Crippen LogP contribution is -2.66. The number of fused-ring (bicyclic) bond motifs is 14. The number of hydrogen-bond acceptors (Lipinski definition) is 20. The molecular weight excluding hydrogens is 1460 g/mol. The monoisotopic (exact) mass is 1580 g/mol. The second-order valence-corrected chi connectivity index (χ2v) is 41.1. The van der Waals surface area contributed by atoms with Gasteiger partial charge in [0.25, 0.3) is 0 Å². The molecule has 14 rings (SSSR count). The van der Waals surface area contributed by atoms with E-state index in [9.17, 15) is 53.6 Å². The van der Waals surface area contributed by atoms with Gasteiger partial charge in [0, 0.05) is 67.1 Å². The van der Waals surface area contributed by atoms with Gasteiger partial charge in [0.05, 0.1) is 48.0 Å². The smallest absolute Gasteiger partial charge is 0.310 e. The molecule has 4 heterocycles. The van der Waals surface area contributed by atoms with Crippen LogP contribution in [-0.4, -0.2) is 131 Å². The molecule has 0 aliphatic heterocycles. The van der Waals surface area contributed by atoms with Crippen molar-refractivity contribution in [1.82, 2.24) is 49.5 Å². The largest absolute Gasteiger partial charge is 0.481 e. The van der Waals surface area contributed by atoms with E-state index >= 15 is 4.39 Å². The van der Waals surface area contributed by atoms with E-state index in [4.69, 9.17) is 26.0 Å². The third-order valence-electron chi connectivity index (χ3n) is 33.8. The van der Waals surface area contributed by atoms with Crippen LogP contribution in [0.2, 0.25) is 0 Å². The van der Waals surface area contributed by atoms with Crippen molar-refractivity contribution in [2.75, 3.05) is 13.1 Å². The molecule has 10 aliphatic carbocycles. The Bertz CT molecular complexity index is 4610. The first kappa shape index (κ1) is 83.3. The van der Waals surface area contributed by atoms with Gasteiger partial charge in [0.15, 0.2) is 46.5 Å². The van der Waals surface area contributed by atoms with Crippen LogP contribution in [0, 0.1) is 124 Å². The highest BCUT2D eigenvalue weighted by atomic mass is 19.1. The zero-order valence-electron chi connectivity index (χ0n) is 70.3. The van der Waals surface area contributed by atoms with Crippen LogP contribution in [0.25, 0.3) is 23.3 Å². The van der Waals surface area contributed by atoms with Crippen LogP contribution in [0.5, 0.6) is 0 Å². The first-order valence-electron chi connectivity index (χ1n) is 42.3. The molecule has 0 amide bonds. The summed E-state index contributed by atoms with van der Waals surface area (Å²) in [7, 11) is 0. The van der Waals surface area contributed by atoms with Gasteiger partial charge in [-0.05, 0) is 226 Å². The number of aliphatic carboxylic acids is 2. The molecular formula is C88H124F2N12O12. The van der Waals surface area contributed by atoms with Crippen molar-refractivity contribution >= 4 is 35.4 Å². The number of aliphatic hydroxyl groups excluding tert-OH is 2. The lowest BCUT2D eigenvalue weighted by atomic mass is 9.33. The lowest BCUT2D eigenvalue weighted by molar-refractivity contribution is -0.235. The minimum absolute atomic E-state index is 0.00264. The van der Waals surface area contributed by atoms with Crippen LogP contribution in [0.4, 0.5) is 8.78 Å². The van der Waals surface area contributed by atoms with E-state index in [2.05, 4.69) is 132 Å². The summed E-state index contributed by atoms with van der Waals surface area (Å²) in [5, 5.41) is 65.7. The minimum atomic E-state index is -1.92. The predicted octanol–water partition coefficient (Wildman–Crippen LogP) is 14.1. The number of nitrogens with two attached hydrogens (primary N) is 2. The molecule has 0 bridgehead atoms. The normalized spacial score (nSPS) is 35.9. The van der Waals surface area contributed by atoms with Crippen LogP contribution in [0.15, 0.2) is 40.9 Å². The van der Waals surface area contributed by atoms with Gasteiger partial charge in [-0.25, -0.2) is 28.7 Å². The van der Waals surface area contributed by atoms with E-state index in [0.717, 1.165) is 118 Å². The number of Topliss-reactive ketones (excluding diaryl/α,β-unsaturated/α-hetero) is 2. The number of aromatic nitrogens is 10. The highest BCUT2D eigenvalue weighted by molar-refractivity contribution is 6.01. The molecule has 10 aliphatic rings. The summed E-state index contributed by atoms with van der Waals surface area (Å²) in [6.07, 6.45) is 10.6. The Morgan fingerprint density at radius 1 is 0.535 bits per heavy atom. The second kappa shape index (κ2) is 28.6. The second-order valence-electron chi connectivity index (χ2n) is 41.1. The van der Waals surface area contributed by atoms with Crippen LogP contribution in [0.1, 0.15) is 276 Å². The van der Waals surface area contributed by atoms with Crippen molar-refractivity contribution < 1.29 is 67.4 Å². The Labute approximate surface area is 669 Å². The average Bonchev–Trinajstić information content (AvgIpc) is 1.20. The third kappa shape index (κ3) is 12.3. The summed E-state index contributed by atoms with van der Waals surface area (Å²) in [6.45, 7) is 36.7. The maximum Gasteiger partial charge on any atom is 0.310 e. The summed E-state index contributed by atoms with van der Waals surface area (Å²) >= 11 is 0. The summed E-state index contributed by atoms with van der Waals surface area (Å²) in [5.41, 5.74) is 8.48. The number of aliphatic hydroxyl groups is 2. The lowest BCUT2D eigenvalue weighted by Gasteiger charge is -2.72. The van der Waals surface area contributed by atoms with E-state index in [1.54, 1.807) is 23.0 Å². The Morgan fingerprint density at radius 2 is 0.956 bits per heavy atom. The maximum absolute atomic E-state index is 16.5. The van der Waals surface area contributed by atoms with E-state index in [1.807, 2.05) is 0 Å². The predicted molar refractivity (Wildman–Crippen MR) is 419 cm³/mol. The van der Waals surface area contributed by atoms with Gasteiger partial charge < -0.3 is 50.5 Å². The number of carboxylic acids is 2. The molecule has 26 heteroatoms. The van der Waals surface area contributed by atoms with Crippen molar-refractivity contribution in [2.24, 2.45) is 124 Å². The number of carbonyl (C=O) groups is 6. The van der Waals surface area contributed by atoms with Gasteiger partial charge >= 0.3 is 23.9 Å². The quantitative estimate of drug-likeness (QED) is 0.0398. The summed E-state index contributed by atoms with van der Waals surface area (Å²) < 4.78 is 46.7.